The molecule has 0 radical (unpaired) electrons. The van der Waals surface area contributed by atoms with E-state index in [9.17, 15) is 13.2 Å². The Kier molecular flexibility index (Phi) is 5.08. The third kappa shape index (κ3) is 4.23. The Labute approximate surface area is 129 Å². The molecule has 0 atom stereocenters. The van der Waals surface area contributed by atoms with Gasteiger partial charge in [0.15, 0.2) is 0 Å². The molecule has 8 heteroatoms. The van der Waals surface area contributed by atoms with Crippen molar-refractivity contribution in [3.05, 3.63) is 29.3 Å². The predicted octanol–water partition coefficient (Wildman–Crippen LogP) is 0.419. The second kappa shape index (κ2) is 6.08. The van der Waals surface area contributed by atoms with Crippen molar-refractivity contribution >= 4 is 33.1 Å². The van der Waals surface area contributed by atoms with Gasteiger partial charge in [-0.05, 0) is 38.5 Å². The van der Waals surface area contributed by atoms with E-state index in [0.29, 0.717) is 11.1 Å². The summed E-state index contributed by atoms with van der Waals surface area (Å²) in [6.07, 6.45) is 0. The number of hydrogen-bond donors (Lipinski definition) is 3. The van der Waals surface area contributed by atoms with Gasteiger partial charge in [-0.1, -0.05) is 18.3 Å². The van der Waals surface area contributed by atoms with E-state index >= 15 is 0 Å². The number of benzene rings is 1. The van der Waals surface area contributed by atoms with E-state index in [4.69, 9.17) is 23.7 Å². The summed E-state index contributed by atoms with van der Waals surface area (Å²) in [5.41, 5.74) is 11.1. The topological polar surface area (TPSA) is 115 Å². The van der Waals surface area contributed by atoms with Crippen LogP contribution in [0.2, 0.25) is 0 Å². The minimum atomic E-state index is -3.73. The van der Waals surface area contributed by atoms with Gasteiger partial charge in [-0.2, -0.15) is 0 Å². The molecule has 0 fully saturated rings. The van der Waals surface area contributed by atoms with Crippen LogP contribution in [-0.2, 0) is 14.8 Å². The standard InChI is InChI=1S/C13H19N3O3S2/c1-8-6-9(4-5-10(8)11(14)20)21(18,19)16-7-13(2,3)12(15)17/h4-6,16H,7H2,1-3H3,(H2,14,20)(H2,15,17). The molecule has 1 amide bonds. The first-order valence-electron chi connectivity index (χ1n) is 6.17. The summed E-state index contributed by atoms with van der Waals surface area (Å²) in [5, 5.41) is 0. The summed E-state index contributed by atoms with van der Waals surface area (Å²) >= 11 is 4.88. The molecule has 0 unspecified atom stereocenters. The number of carbonyl (C=O) groups is 1. The minimum absolute atomic E-state index is 0.0826. The summed E-state index contributed by atoms with van der Waals surface area (Å²) in [6, 6.07) is 4.46. The summed E-state index contributed by atoms with van der Waals surface area (Å²) < 4.78 is 26.8. The van der Waals surface area contributed by atoms with Gasteiger partial charge in [0.1, 0.15) is 4.99 Å². The first kappa shape index (κ1) is 17.5. The van der Waals surface area contributed by atoms with Gasteiger partial charge in [0, 0.05) is 12.1 Å². The number of nitrogens with one attached hydrogen (secondary N) is 1. The molecule has 0 aliphatic carbocycles. The van der Waals surface area contributed by atoms with Gasteiger partial charge >= 0.3 is 0 Å². The molecule has 0 aliphatic rings. The summed E-state index contributed by atoms with van der Waals surface area (Å²) in [7, 11) is -3.73. The fraction of sp³-hybridized carbons (Fsp3) is 0.385. The Balaban J connectivity index is 3.02. The van der Waals surface area contributed by atoms with Crippen molar-refractivity contribution in [1.29, 1.82) is 0 Å². The number of carbonyl (C=O) groups excluding carboxylic acids is 1. The lowest BCUT2D eigenvalue weighted by molar-refractivity contribution is -0.125. The third-order valence-electron chi connectivity index (χ3n) is 3.14. The van der Waals surface area contributed by atoms with Crippen LogP contribution in [0.1, 0.15) is 25.0 Å². The van der Waals surface area contributed by atoms with E-state index in [-0.39, 0.29) is 16.4 Å². The quantitative estimate of drug-likeness (QED) is 0.654. The van der Waals surface area contributed by atoms with Crippen LogP contribution in [0.5, 0.6) is 0 Å². The molecule has 1 rings (SSSR count). The second-order valence-electron chi connectivity index (χ2n) is 5.41. The Hall–Kier alpha value is -1.51. The molecular formula is C13H19N3O3S2. The van der Waals surface area contributed by atoms with E-state index in [1.54, 1.807) is 26.8 Å². The Bertz CT molecular complexity index is 682. The number of primary amides is 1. The molecule has 21 heavy (non-hydrogen) atoms. The number of nitrogens with two attached hydrogens (primary N) is 2. The highest BCUT2D eigenvalue weighted by atomic mass is 32.2. The zero-order valence-corrected chi connectivity index (χ0v) is 13.8. The zero-order valence-electron chi connectivity index (χ0n) is 12.1. The van der Waals surface area contributed by atoms with E-state index in [1.807, 2.05) is 0 Å². The average molecular weight is 329 g/mol. The van der Waals surface area contributed by atoms with Crippen molar-refractivity contribution in [2.24, 2.45) is 16.9 Å². The highest BCUT2D eigenvalue weighted by Gasteiger charge is 2.27. The Morgan fingerprint density at radius 2 is 1.90 bits per heavy atom. The van der Waals surface area contributed by atoms with Crippen LogP contribution in [0.25, 0.3) is 0 Å². The number of rotatable bonds is 6. The molecule has 1 aromatic carbocycles. The normalized spacial score (nSPS) is 12.1. The molecule has 0 aromatic heterocycles. The van der Waals surface area contributed by atoms with Crippen molar-refractivity contribution in [2.45, 2.75) is 25.7 Å². The van der Waals surface area contributed by atoms with E-state index < -0.39 is 21.3 Å². The van der Waals surface area contributed by atoms with Gasteiger partial charge in [0.05, 0.1) is 10.3 Å². The Morgan fingerprint density at radius 1 is 1.33 bits per heavy atom. The molecule has 0 heterocycles. The lowest BCUT2D eigenvalue weighted by atomic mass is 9.93. The van der Waals surface area contributed by atoms with E-state index in [1.165, 1.54) is 12.1 Å². The summed E-state index contributed by atoms with van der Waals surface area (Å²) in [6.45, 7) is 4.78. The number of aryl methyl sites for hydroxylation is 1. The molecule has 0 aliphatic heterocycles. The number of sulfonamides is 1. The molecule has 0 bridgehead atoms. The van der Waals surface area contributed by atoms with Gasteiger partial charge in [-0.3, -0.25) is 4.79 Å². The molecule has 5 N–H and O–H groups in total. The number of hydrogen-bond acceptors (Lipinski definition) is 4. The molecule has 116 valence electrons. The van der Waals surface area contributed by atoms with Gasteiger partial charge in [-0.15, -0.1) is 0 Å². The SMILES string of the molecule is Cc1cc(S(=O)(=O)NCC(C)(C)C(N)=O)ccc1C(N)=S. The van der Waals surface area contributed by atoms with Crippen LogP contribution in [0.4, 0.5) is 0 Å². The van der Waals surface area contributed by atoms with Gasteiger partial charge in [0.2, 0.25) is 15.9 Å². The van der Waals surface area contributed by atoms with Crippen LogP contribution in [-0.4, -0.2) is 25.9 Å². The van der Waals surface area contributed by atoms with Crippen molar-refractivity contribution in [1.82, 2.24) is 4.72 Å². The monoisotopic (exact) mass is 329 g/mol. The number of amides is 1. The molecule has 0 saturated heterocycles. The average Bonchev–Trinajstić information content (AvgIpc) is 2.36. The maximum absolute atomic E-state index is 12.2. The second-order valence-corrected chi connectivity index (χ2v) is 7.62. The van der Waals surface area contributed by atoms with Crippen LogP contribution >= 0.6 is 12.2 Å². The molecule has 0 spiro atoms. The van der Waals surface area contributed by atoms with Crippen molar-refractivity contribution in [3.8, 4) is 0 Å². The first-order valence-corrected chi connectivity index (χ1v) is 8.06. The maximum Gasteiger partial charge on any atom is 0.240 e. The minimum Gasteiger partial charge on any atom is -0.389 e. The zero-order chi connectivity index (χ0) is 16.4. The highest BCUT2D eigenvalue weighted by molar-refractivity contribution is 7.89. The van der Waals surface area contributed by atoms with Crippen LogP contribution in [0.3, 0.4) is 0 Å². The van der Waals surface area contributed by atoms with Crippen LogP contribution < -0.4 is 16.2 Å². The summed E-state index contributed by atoms with van der Waals surface area (Å²) in [5.74, 6) is -0.579. The summed E-state index contributed by atoms with van der Waals surface area (Å²) in [4.78, 5) is 11.5. The van der Waals surface area contributed by atoms with Crippen molar-refractivity contribution in [2.75, 3.05) is 6.54 Å². The molecular weight excluding hydrogens is 310 g/mol. The first-order chi connectivity index (χ1) is 9.47. The molecule has 1 aromatic rings. The number of thiocarbonyl (C=S) groups is 1. The Morgan fingerprint density at radius 3 is 2.33 bits per heavy atom. The fourth-order valence-electron chi connectivity index (χ4n) is 1.53. The van der Waals surface area contributed by atoms with Crippen molar-refractivity contribution < 1.29 is 13.2 Å². The lowest BCUT2D eigenvalue weighted by Crippen LogP contribution is -2.42. The van der Waals surface area contributed by atoms with Gasteiger partial charge in [0.25, 0.3) is 0 Å². The maximum atomic E-state index is 12.2. The van der Waals surface area contributed by atoms with E-state index in [2.05, 4.69) is 4.72 Å². The highest BCUT2D eigenvalue weighted by Crippen LogP contribution is 2.18. The fourth-order valence-corrected chi connectivity index (χ4v) is 3.05. The van der Waals surface area contributed by atoms with Crippen LogP contribution in [0, 0.1) is 12.3 Å². The third-order valence-corrected chi connectivity index (χ3v) is 4.76. The largest absolute Gasteiger partial charge is 0.389 e. The van der Waals surface area contributed by atoms with Gasteiger partial charge < -0.3 is 11.5 Å². The van der Waals surface area contributed by atoms with Crippen molar-refractivity contribution in [3.63, 3.8) is 0 Å². The van der Waals surface area contributed by atoms with Crippen LogP contribution in [0.15, 0.2) is 23.1 Å². The molecule has 0 saturated carbocycles. The van der Waals surface area contributed by atoms with E-state index in [0.717, 1.165) is 0 Å². The smallest absolute Gasteiger partial charge is 0.240 e. The molecule has 6 nitrogen and oxygen atoms in total. The predicted molar refractivity (Wildman–Crippen MR) is 85.2 cm³/mol. The van der Waals surface area contributed by atoms with Gasteiger partial charge in [-0.25, -0.2) is 13.1 Å². The lowest BCUT2D eigenvalue weighted by Gasteiger charge is -2.20.